The van der Waals surface area contributed by atoms with Gasteiger partial charge in [-0.1, -0.05) is 30.3 Å². The lowest BCUT2D eigenvalue weighted by Crippen LogP contribution is -2.32. The average molecular weight is 223 g/mol. The summed E-state index contributed by atoms with van der Waals surface area (Å²) < 4.78 is 4.66. The van der Waals surface area contributed by atoms with Gasteiger partial charge in [-0.15, -0.1) is 0 Å². The molecule has 2 unspecified atom stereocenters. The molecule has 0 aromatic heterocycles. The fourth-order valence-electron chi connectivity index (χ4n) is 1.07. The summed E-state index contributed by atoms with van der Waals surface area (Å²) in [5.41, 5.74) is 5.33. The molecule has 86 valence electrons. The van der Waals surface area contributed by atoms with Gasteiger partial charge < -0.3 is 15.6 Å². The van der Waals surface area contributed by atoms with Gasteiger partial charge in [-0.25, -0.2) is 4.79 Å². The van der Waals surface area contributed by atoms with Crippen molar-refractivity contribution in [2.24, 2.45) is 5.73 Å². The van der Waals surface area contributed by atoms with E-state index in [0.717, 1.165) is 0 Å². The maximum atomic E-state index is 11.4. The van der Waals surface area contributed by atoms with Gasteiger partial charge in [0.25, 0.3) is 5.91 Å². The SMILES string of the molecule is CC(OC(=O)C(O)c1ccccc1)C(N)=O. The van der Waals surface area contributed by atoms with Gasteiger partial charge in [-0.2, -0.15) is 0 Å². The van der Waals surface area contributed by atoms with E-state index in [-0.39, 0.29) is 0 Å². The number of nitrogens with two attached hydrogens (primary N) is 1. The van der Waals surface area contributed by atoms with E-state index in [1.807, 2.05) is 0 Å². The lowest BCUT2D eigenvalue weighted by atomic mass is 10.1. The van der Waals surface area contributed by atoms with Crippen LogP contribution in [0.1, 0.15) is 18.6 Å². The molecule has 0 bridgehead atoms. The Balaban J connectivity index is 2.65. The number of ether oxygens (including phenoxy) is 1. The standard InChI is InChI=1S/C11H13NO4/c1-7(10(12)14)16-11(15)9(13)8-5-3-2-4-6-8/h2-7,9,13H,1H3,(H2,12,14). The third-order valence-electron chi connectivity index (χ3n) is 2.03. The summed E-state index contributed by atoms with van der Waals surface area (Å²) >= 11 is 0. The van der Waals surface area contributed by atoms with E-state index in [4.69, 9.17) is 5.73 Å². The predicted octanol–water partition coefficient (Wildman–Crippen LogP) is 0.137. The van der Waals surface area contributed by atoms with Crippen LogP contribution >= 0.6 is 0 Å². The first kappa shape index (κ1) is 12.2. The van der Waals surface area contributed by atoms with E-state index >= 15 is 0 Å². The van der Waals surface area contributed by atoms with Gasteiger partial charge in [0.15, 0.2) is 12.2 Å². The first-order chi connectivity index (χ1) is 7.52. The zero-order valence-electron chi connectivity index (χ0n) is 8.79. The molecule has 5 heteroatoms. The largest absolute Gasteiger partial charge is 0.450 e. The molecule has 1 aromatic carbocycles. The van der Waals surface area contributed by atoms with Gasteiger partial charge in [0.1, 0.15) is 0 Å². The maximum Gasteiger partial charge on any atom is 0.340 e. The molecule has 0 spiro atoms. The fourth-order valence-corrected chi connectivity index (χ4v) is 1.07. The van der Waals surface area contributed by atoms with Gasteiger partial charge in [0, 0.05) is 0 Å². The highest BCUT2D eigenvalue weighted by Crippen LogP contribution is 2.14. The number of benzene rings is 1. The molecule has 2 atom stereocenters. The molecule has 1 aromatic rings. The van der Waals surface area contributed by atoms with Crippen LogP contribution in [0.25, 0.3) is 0 Å². The Labute approximate surface area is 92.8 Å². The van der Waals surface area contributed by atoms with E-state index in [2.05, 4.69) is 4.74 Å². The van der Waals surface area contributed by atoms with Crippen molar-refractivity contribution in [3.05, 3.63) is 35.9 Å². The third-order valence-corrected chi connectivity index (χ3v) is 2.03. The minimum Gasteiger partial charge on any atom is -0.450 e. The summed E-state index contributed by atoms with van der Waals surface area (Å²) in [7, 11) is 0. The number of carbonyl (C=O) groups is 2. The second-order valence-corrected chi connectivity index (χ2v) is 3.29. The second-order valence-electron chi connectivity index (χ2n) is 3.29. The molecule has 0 fully saturated rings. The zero-order valence-corrected chi connectivity index (χ0v) is 8.79. The molecule has 0 saturated heterocycles. The minimum atomic E-state index is -1.40. The molecular weight excluding hydrogens is 210 g/mol. The van der Waals surface area contributed by atoms with Crippen molar-refractivity contribution in [1.82, 2.24) is 0 Å². The number of amides is 1. The molecule has 0 aliphatic carbocycles. The van der Waals surface area contributed by atoms with Crippen LogP contribution in [-0.2, 0) is 14.3 Å². The molecule has 1 rings (SSSR count). The topological polar surface area (TPSA) is 89.6 Å². The van der Waals surface area contributed by atoms with Crippen LogP contribution in [0.3, 0.4) is 0 Å². The van der Waals surface area contributed by atoms with Crippen molar-refractivity contribution in [1.29, 1.82) is 0 Å². The van der Waals surface area contributed by atoms with Crippen LogP contribution in [0.2, 0.25) is 0 Å². The highest BCUT2D eigenvalue weighted by molar-refractivity contribution is 5.83. The van der Waals surface area contributed by atoms with Crippen LogP contribution in [-0.4, -0.2) is 23.1 Å². The molecule has 5 nitrogen and oxygen atoms in total. The lowest BCUT2D eigenvalue weighted by molar-refractivity contribution is -0.162. The van der Waals surface area contributed by atoms with Crippen LogP contribution in [0, 0.1) is 0 Å². The third kappa shape index (κ3) is 3.06. The number of rotatable bonds is 4. The van der Waals surface area contributed by atoms with Gasteiger partial charge in [-0.05, 0) is 12.5 Å². The molecule has 16 heavy (non-hydrogen) atoms. The molecular formula is C11H13NO4. The Hall–Kier alpha value is -1.88. The number of primary amides is 1. The Morgan fingerprint density at radius 1 is 1.31 bits per heavy atom. The molecule has 1 amide bonds. The summed E-state index contributed by atoms with van der Waals surface area (Å²) in [5.74, 6) is -1.65. The molecule has 0 saturated carbocycles. The van der Waals surface area contributed by atoms with E-state index in [0.29, 0.717) is 5.56 Å². The second kappa shape index (κ2) is 5.27. The Bertz CT molecular complexity index is 377. The van der Waals surface area contributed by atoms with Crippen LogP contribution in [0.5, 0.6) is 0 Å². The van der Waals surface area contributed by atoms with E-state index in [1.165, 1.54) is 6.92 Å². The number of aliphatic hydroxyl groups is 1. The predicted molar refractivity (Wildman–Crippen MR) is 56.2 cm³/mol. The van der Waals surface area contributed by atoms with Crippen molar-refractivity contribution in [3.8, 4) is 0 Å². The quantitative estimate of drug-likeness (QED) is 0.710. The lowest BCUT2D eigenvalue weighted by Gasteiger charge is -2.13. The van der Waals surface area contributed by atoms with Crippen molar-refractivity contribution < 1.29 is 19.4 Å². The smallest absolute Gasteiger partial charge is 0.340 e. The Morgan fingerprint density at radius 2 is 1.88 bits per heavy atom. The average Bonchev–Trinajstić information content (AvgIpc) is 2.28. The van der Waals surface area contributed by atoms with Gasteiger partial charge in [0.05, 0.1) is 0 Å². The summed E-state index contributed by atoms with van der Waals surface area (Å²) in [6, 6.07) is 8.29. The van der Waals surface area contributed by atoms with Gasteiger partial charge in [-0.3, -0.25) is 4.79 Å². The molecule has 0 radical (unpaired) electrons. The van der Waals surface area contributed by atoms with Crippen LogP contribution in [0.15, 0.2) is 30.3 Å². The van der Waals surface area contributed by atoms with E-state index in [1.54, 1.807) is 30.3 Å². The van der Waals surface area contributed by atoms with Crippen molar-refractivity contribution in [2.75, 3.05) is 0 Å². The highest BCUT2D eigenvalue weighted by Gasteiger charge is 2.22. The Morgan fingerprint density at radius 3 is 2.38 bits per heavy atom. The summed E-state index contributed by atoms with van der Waals surface area (Å²) in [4.78, 5) is 22.0. The highest BCUT2D eigenvalue weighted by atomic mass is 16.6. The van der Waals surface area contributed by atoms with E-state index in [9.17, 15) is 14.7 Å². The van der Waals surface area contributed by atoms with Gasteiger partial charge >= 0.3 is 5.97 Å². The molecule has 3 N–H and O–H groups in total. The van der Waals surface area contributed by atoms with Crippen molar-refractivity contribution >= 4 is 11.9 Å². The molecule has 0 aliphatic rings. The first-order valence-corrected chi connectivity index (χ1v) is 4.75. The number of esters is 1. The zero-order chi connectivity index (χ0) is 12.1. The summed E-state index contributed by atoms with van der Waals surface area (Å²) in [6.45, 7) is 1.35. The van der Waals surface area contributed by atoms with Crippen LogP contribution in [0.4, 0.5) is 0 Å². The fraction of sp³-hybridized carbons (Fsp3) is 0.273. The first-order valence-electron chi connectivity index (χ1n) is 4.75. The van der Waals surface area contributed by atoms with Crippen molar-refractivity contribution in [2.45, 2.75) is 19.1 Å². The number of hydrogen-bond acceptors (Lipinski definition) is 4. The minimum absolute atomic E-state index is 0.407. The van der Waals surface area contributed by atoms with Crippen LogP contribution < -0.4 is 5.73 Å². The molecule has 0 aliphatic heterocycles. The number of carbonyl (C=O) groups excluding carboxylic acids is 2. The summed E-state index contributed by atoms with van der Waals surface area (Å²) in [5, 5.41) is 9.59. The maximum absolute atomic E-state index is 11.4. The summed E-state index contributed by atoms with van der Waals surface area (Å²) in [6.07, 6.45) is -2.45. The van der Waals surface area contributed by atoms with Crippen molar-refractivity contribution in [3.63, 3.8) is 0 Å². The van der Waals surface area contributed by atoms with E-state index < -0.39 is 24.1 Å². The van der Waals surface area contributed by atoms with Gasteiger partial charge in [0.2, 0.25) is 0 Å². The number of aliphatic hydroxyl groups excluding tert-OH is 1. The Kier molecular flexibility index (Phi) is 4.02. The monoisotopic (exact) mass is 223 g/mol. The normalized spacial score (nSPS) is 13.9. The number of hydrogen-bond donors (Lipinski definition) is 2. The molecule has 0 heterocycles.